The molecule has 0 N–H and O–H groups in total. The molecule has 3 saturated carbocycles. The van der Waals surface area contributed by atoms with E-state index in [2.05, 4.69) is 169 Å². The number of benzene rings is 3. The van der Waals surface area contributed by atoms with Gasteiger partial charge in [-0.05, 0) is 185 Å². The lowest BCUT2D eigenvalue weighted by molar-refractivity contribution is 0.301. The second-order valence-corrected chi connectivity index (χ2v) is 26.5. The number of pyridine rings is 3. The summed E-state index contributed by atoms with van der Waals surface area (Å²) in [6.45, 7) is 13.7. The number of rotatable bonds is 30. The summed E-state index contributed by atoms with van der Waals surface area (Å²) in [6.07, 6.45) is 54.8. The van der Waals surface area contributed by atoms with Gasteiger partial charge in [-0.3, -0.25) is 15.0 Å². The van der Waals surface area contributed by atoms with Gasteiger partial charge in [0.2, 0.25) is 0 Å². The fraction of sp³-hybridized carbons (Fsp3) is 0.593. The normalized spacial score (nSPS) is 19.6. The summed E-state index contributed by atoms with van der Waals surface area (Å²) in [4.78, 5) is 14.6. The number of unbranched alkanes of at least 4 members (excludes halogenated alkanes) is 12. The van der Waals surface area contributed by atoms with E-state index in [4.69, 9.17) is 15.0 Å². The minimum absolute atomic E-state index is 0.678. The van der Waals surface area contributed by atoms with Gasteiger partial charge in [-0.15, -0.1) is 0 Å². The Labute approximate surface area is 515 Å². The van der Waals surface area contributed by atoms with E-state index in [0.29, 0.717) is 17.8 Å². The topological polar surface area (TPSA) is 38.7 Å². The van der Waals surface area contributed by atoms with Crippen LogP contribution in [0.4, 0.5) is 0 Å². The highest BCUT2D eigenvalue weighted by Crippen LogP contribution is 2.40. The molecule has 3 aromatic carbocycles. The zero-order valence-corrected chi connectivity index (χ0v) is 54.4. The zero-order valence-electron chi connectivity index (χ0n) is 54.4. The first-order valence-electron chi connectivity index (χ1n) is 35.6. The molecular weight excluding hydrogens is 1010 g/mol. The Morgan fingerprint density at radius 3 is 0.750 bits per heavy atom. The molecule has 0 unspecified atom stereocenters. The van der Waals surface area contributed by atoms with Crippen LogP contribution < -0.4 is 0 Å². The summed E-state index contributed by atoms with van der Waals surface area (Å²) in [6, 6.07) is 41.1. The van der Waals surface area contributed by atoms with Crippen molar-refractivity contribution in [1.29, 1.82) is 0 Å². The van der Waals surface area contributed by atoms with E-state index in [1.165, 1.54) is 298 Å². The molecule has 6 aromatic rings. The summed E-state index contributed by atoms with van der Waals surface area (Å²) >= 11 is 0. The smallest absolute Gasteiger partial charge is 0.0434 e. The fourth-order valence-electron chi connectivity index (χ4n) is 14.0. The van der Waals surface area contributed by atoms with Crippen molar-refractivity contribution in [2.75, 3.05) is 0 Å². The molecule has 0 saturated heterocycles. The maximum atomic E-state index is 4.87. The molecule has 3 heteroatoms. The van der Waals surface area contributed by atoms with Gasteiger partial charge in [0.15, 0.2) is 0 Å². The Balaban J connectivity index is 0.000000181. The van der Waals surface area contributed by atoms with Crippen LogP contribution in [-0.2, 0) is 19.3 Å². The van der Waals surface area contributed by atoms with Crippen LogP contribution in [0.1, 0.15) is 305 Å². The Bertz CT molecular complexity index is 2570. The van der Waals surface area contributed by atoms with Crippen molar-refractivity contribution >= 4 is 0 Å². The van der Waals surface area contributed by atoms with Crippen molar-refractivity contribution in [2.24, 2.45) is 17.8 Å². The molecular formula is C81H117N3. The molecule has 0 atom stereocenters. The average Bonchev–Trinajstić information content (AvgIpc) is 3.72. The number of aromatic nitrogens is 3. The standard InChI is InChI=1S/C28H41N.C27H39N.C26H37N/c1-3-5-7-8-9-11-24-12-16-25(17-13-24)27-20-21-28(29-22-27)26-18-14-23(15-19-26)10-6-4-2;1-3-5-7-8-10-23-11-15-24(16-12-23)26-19-20-27(28-21-26)25-17-13-22(14-18-25)9-6-4-2;1-3-5-7-9-22-10-14-23(15-11-22)25-18-19-26(27-20-25)24-16-12-21(13-17-24)8-6-4-2/h12-13,16-17,20-23,26H,3-11,14-15,18-19H2,1-2H3;11-12,15-16,19-22,25H,3-10,13-14,17-18H2,1-2H3;10-11,14-15,18-21,24H,3-9,12-13,16-17H2,1-2H3. The van der Waals surface area contributed by atoms with Crippen LogP contribution in [0.2, 0.25) is 0 Å². The van der Waals surface area contributed by atoms with Gasteiger partial charge in [-0.1, -0.05) is 248 Å². The fourth-order valence-corrected chi connectivity index (χ4v) is 14.0. The maximum Gasteiger partial charge on any atom is 0.0434 e. The zero-order chi connectivity index (χ0) is 58.8. The van der Waals surface area contributed by atoms with Crippen LogP contribution in [0, 0.1) is 17.8 Å². The molecule has 9 rings (SSSR count). The maximum absolute atomic E-state index is 4.87. The van der Waals surface area contributed by atoms with E-state index in [1.54, 1.807) is 0 Å². The molecule has 3 aromatic heterocycles. The highest BCUT2D eigenvalue weighted by Gasteiger charge is 2.25. The van der Waals surface area contributed by atoms with Crippen LogP contribution in [0.15, 0.2) is 128 Å². The number of nitrogens with zero attached hydrogens (tertiary/aromatic N) is 3. The largest absolute Gasteiger partial charge is 0.260 e. The van der Waals surface area contributed by atoms with E-state index in [9.17, 15) is 0 Å². The van der Waals surface area contributed by atoms with Crippen molar-refractivity contribution in [1.82, 2.24) is 15.0 Å². The minimum atomic E-state index is 0.678. The van der Waals surface area contributed by atoms with Gasteiger partial charge >= 0.3 is 0 Å². The molecule has 3 heterocycles. The van der Waals surface area contributed by atoms with Crippen molar-refractivity contribution < 1.29 is 0 Å². The van der Waals surface area contributed by atoms with E-state index < -0.39 is 0 Å². The second kappa shape index (κ2) is 39.0. The predicted molar refractivity (Wildman–Crippen MR) is 365 cm³/mol. The number of hydrogen-bond acceptors (Lipinski definition) is 3. The Morgan fingerprint density at radius 1 is 0.250 bits per heavy atom. The van der Waals surface area contributed by atoms with E-state index >= 15 is 0 Å². The molecule has 84 heavy (non-hydrogen) atoms. The Hall–Kier alpha value is -4.89. The van der Waals surface area contributed by atoms with Crippen LogP contribution in [0.3, 0.4) is 0 Å². The first-order chi connectivity index (χ1) is 41.4. The lowest BCUT2D eigenvalue weighted by Gasteiger charge is -2.28. The highest BCUT2D eigenvalue weighted by molar-refractivity contribution is 5.64. The lowest BCUT2D eigenvalue weighted by atomic mass is 9.78. The average molecular weight is 1130 g/mol. The van der Waals surface area contributed by atoms with Gasteiger partial charge in [0.05, 0.1) is 0 Å². The Kier molecular flexibility index (Phi) is 30.9. The molecule has 3 fully saturated rings. The minimum Gasteiger partial charge on any atom is -0.260 e. The Morgan fingerprint density at radius 2 is 0.488 bits per heavy atom. The monoisotopic (exact) mass is 1130 g/mol. The van der Waals surface area contributed by atoms with Crippen LogP contribution in [0.25, 0.3) is 33.4 Å². The number of aryl methyl sites for hydroxylation is 3. The second-order valence-electron chi connectivity index (χ2n) is 26.5. The first-order valence-corrected chi connectivity index (χ1v) is 35.6. The summed E-state index contributed by atoms with van der Waals surface area (Å²) in [5, 5.41) is 0. The summed E-state index contributed by atoms with van der Waals surface area (Å²) in [7, 11) is 0. The third-order valence-electron chi connectivity index (χ3n) is 19.9. The molecule has 0 amide bonds. The van der Waals surface area contributed by atoms with Gasteiger partial charge in [-0.2, -0.15) is 0 Å². The van der Waals surface area contributed by atoms with Crippen molar-refractivity contribution in [3.8, 4) is 33.4 Å². The summed E-state index contributed by atoms with van der Waals surface area (Å²) < 4.78 is 0. The lowest BCUT2D eigenvalue weighted by Crippen LogP contribution is -2.14. The molecule has 456 valence electrons. The first kappa shape index (κ1) is 66.6. The van der Waals surface area contributed by atoms with Crippen molar-refractivity contribution in [3.63, 3.8) is 0 Å². The molecule has 0 bridgehead atoms. The van der Waals surface area contributed by atoms with Crippen LogP contribution in [0.5, 0.6) is 0 Å². The predicted octanol–water partition coefficient (Wildman–Crippen LogP) is 25.0. The highest BCUT2D eigenvalue weighted by atomic mass is 14.7. The SMILES string of the molecule is CCCCCCCc1ccc(-c2ccc(C3CCC(CCCC)CC3)nc2)cc1.CCCCCCc1ccc(-c2ccc(C3CCC(CCCC)CC3)nc2)cc1.CCCCCc1ccc(-c2ccc(C3CCC(CCCC)CC3)nc2)cc1. The number of hydrogen-bond donors (Lipinski definition) is 0. The van der Waals surface area contributed by atoms with Crippen molar-refractivity contribution in [2.45, 2.75) is 290 Å². The van der Waals surface area contributed by atoms with E-state index in [-0.39, 0.29) is 0 Å². The van der Waals surface area contributed by atoms with E-state index in [1.807, 2.05) is 0 Å². The van der Waals surface area contributed by atoms with Crippen LogP contribution >= 0.6 is 0 Å². The summed E-state index contributed by atoms with van der Waals surface area (Å²) in [5.74, 6) is 4.94. The van der Waals surface area contributed by atoms with Gasteiger partial charge in [0, 0.05) is 70.1 Å². The molecule has 3 aliphatic rings. The molecule has 0 radical (unpaired) electrons. The molecule has 0 aliphatic heterocycles. The van der Waals surface area contributed by atoms with E-state index in [0.717, 1.165) is 17.8 Å². The summed E-state index contributed by atoms with van der Waals surface area (Å²) in [5.41, 5.74) is 15.9. The van der Waals surface area contributed by atoms with Gasteiger partial charge in [0.1, 0.15) is 0 Å². The van der Waals surface area contributed by atoms with Crippen LogP contribution in [-0.4, -0.2) is 15.0 Å². The van der Waals surface area contributed by atoms with Crippen molar-refractivity contribution in [3.05, 3.63) is 162 Å². The third kappa shape index (κ3) is 23.1. The molecule has 0 spiro atoms. The third-order valence-corrected chi connectivity index (χ3v) is 19.9. The van der Waals surface area contributed by atoms with Gasteiger partial charge in [0.25, 0.3) is 0 Å². The molecule has 3 nitrogen and oxygen atoms in total. The quantitative estimate of drug-likeness (QED) is 0.0422. The molecule has 3 aliphatic carbocycles. The van der Waals surface area contributed by atoms with Gasteiger partial charge in [-0.25, -0.2) is 0 Å². The van der Waals surface area contributed by atoms with Gasteiger partial charge < -0.3 is 0 Å².